The van der Waals surface area contributed by atoms with Crippen LogP contribution in [-0.2, 0) is 15.3 Å². The average Bonchev–Trinajstić information content (AvgIpc) is 3.65. The lowest BCUT2D eigenvalue weighted by Crippen LogP contribution is -2.29. The molecule has 46 heavy (non-hydrogen) atoms. The number of aliphatic hydroxyl groups is 1. The van der Waals surface area contributed by atoms with E-state index in [2.05, 4.69) is 17.1 Å². The first-order valence-corrected chi connectivity index (χ1v) is 16.1. The molecule has 0 bridgehead atoms. The van der Waals surface area contributed by atoms with Gasteiger partial charge in [0.2, 0.25) is 10.9 Å². The smallest absolute Gasteiger partial charge is 0.301 e. The molecule has 2 heterocycles. The van der Waals surface area contributed by atoms with Gasteiger partial charge in [-0.25, -0.2) is 4.39 Å². The molecule has 1 fully saturated rings. The molecule has 10 nitrogen and oxygen atoms in total. The fraction of sp³-hybridized carbons (Fsp3) is 0.273. The number of nitrogens with zero attached hydrogens (tertiary/aromatic N) is 3. The summed E-state index contributed by atoms with van der Waals surface area (Å²) in [4.78, 5) is 28.6. The van der Waals surface area contributed by atoms with Gasteiger partial charge >= 0.3 is 5.91 Å². The third kappa shape index (κ3) is 6.80. The van der Waals surface area contributed by atoms with Crippen molar-refractivity contribution in [3.8, 4) is 23.0 Å². The van der Waals surface area contributed by atoms with E-state index in [1.54, 1.807) is 48.5 Å². The van der Waals surface area contributed by atoms with Crippen LogP contribution in [0.4, 0.5) is 9.52 Å². The third-order valence-corrected chi connectivity index (χ3v) is 9.35. The molecule has 1 N–H and O–H groups in total. The minimum Gasteiger partial charge on any atom is -0.507 e. The van der Waals surface area contributed by atoms with Gasteiger partial charge in [0.25, 0.3) is 5.78 Å². The van der Waals surface area contributed by atoms with Gasteiger partial charge in [0.05, 0.1) is 39.6 Å². The largest absolute Gasteiger partial charge is 0.507 e. The monoisotopic (exact) mass is 665 g/mol. The summed E-state index contributed by atoms with van der Waals surface area (Å²) in [6.07, 6.45) is 1.89. The van der Waals surface area contributed by atoms with E-state index in [1.807, 2.05) is 0 Å². The predicted octanol–water partition coefficient (Wildman–Crippen LogP) is 6.80. The van der Waals surface area contributed by atoms with Crippen molar-refractivity contribution in [1.29, 1.82) is 0 Å². The van der Waals surface area contributed by atoms with Gasteiger partial charge in [0, 0.05) is 11.3 Å². The van der Waals surface area contributed by atoms with Crippen LogP contribution in [-0.4, -0.2) is 54.9 Å². The van der Waals surface area contributed by atoms with E-state index in [0.717, 1.165) is 29.7 Å². The van der Waals surface area contributed by atoms with E-state index in [9.17, 15) is 19.1 Å². The Morgan fingerprint density at radius 1 is 0.978 bits per heavy atom. The number of halogens is 1. The normalized spacial score (nSPS) is 15.7. The number of carbonyl (C=O) groups excluding carboxylic acids is 2. The number of anilines is 1. The minimum atomic E-state index is -1.11. The molecular formula is C33H32FN3O7S2. The summed E-state index contributed by atoms with van der Waals surface area (Å²) in [6, 6.07) is 14.9. The molecule has 1 aliphatic rings. The van der Waals surface area contributed by atoms with E-state index in [-0.39, 0.29) is 22.3 Å². The van der Waals surface area contributed by atoms with Crippen LogP contribution in [0.2, 0.25) is 0 Å². The summed E-state index contributed by atoms with van der Waals surface area (Å²) < 4.78 is 36.2. The molecule has 1 saturated heterocycles. The third-order valence-electron chi connectivity index (χ3n) is 7.22. The molecule has 3 aromatic carbocycles. The zero-order valence-electron chi connectivity index (χ0n) is 25.6. The number of hydrogen-bond acceptors (Lipinski definition) is 11. The van der Waals surface area contributed by atoms with Crippen LogP contribution >= 0.6 is 23.1 Å². The standard InChI is InChI=1S/C33H32FN3O7S2/c1-5-6-15-44-23-13-9-20(10-14-23)28(38)26-27(21-16-24(41-2)30(43-4)25(17-21)42-3)37(31(40)29(26)39)32-35-36-33(46-32)45-18-19-7-11-22(34)12-8-19/h7-14,16-17,27,38H,5-6,15,18H2,1-4H3/b28-26-. The number of ether oxygens (including phenoxy) is 4. The van der Waals surface area contributed by atoms with Crippen molar-refractivity contribution in [1.82, 2.24) is 10.2 Å². The van der Waals surface area contributed by atoms with E-state index in [4.69, 9.17) is 18.9 Å². The molecule has 13 heteroatoms. The van der Waals surface area contributed by atoms with Crippen LogP contribution in [0.3, 0.4) is 0 Å². The number of aromatic nitrogens is 2. The lowest BCUT2D eigenvalue weighted by atomic mass is 9.94. The molecule has 1 aromatic heterocycles. The lowest BCUT2D eigenvalue weighted by molar-refractivity contribution is -0.132. The van der Waals surface area contributed by atoms with Gasteiger partial charge in [0.15, 0.2) is 15.8 Å². The van der Waals surface area contributed by atoms with Gasteiger partial charge < -0.3 is 24.1 Å². The number of methoxy groups -OCH3 is 3. The maximum atomic E-state index is 13.7. The first-order valence-electron chi connectivity index (χ1n) is 14.3. The summed E-state index contributed by atoms with van der Waals surface area (Å²) >= 11 is 2.47. The summed E-state index contributed by atoms with van der Waals surface area (Å²) in [5, 5.41) is 20.2. The Morgan fingerprint density at radius 2 is 1.65 bits per heavy atom. The number of hydrogen-bond donors (Lipinski definition) is 1. The molecule has 240 valence electrons. The summed E-state index contributed by atoms with van der Waals surface area (Å²) in [5.74, 6) is -0.456. The fourth-order valence-corrected chi connectivity index (χ4v) is 6.71. The summed E-state index contributed by atoms with van der Waals surface area (Å²) in [7, 11) is 4.38. The molecule has 1 amide bonds. The molecule has 0 saturated carbocycles. The van der Waals surface area contributed by atoms with Gasteiger partial charge in [0.1, 0.15) is 17.3 Å². The molecule has 5 rings (SSSR count). The van der Waals surface area contributed by atoms with Crippen molar-refractivity contribution >= 4 is 45.7 Å². The van der Waals surface area contributed by atoms with Crippen molar-refractivity contribution < 1.29 is 38.0 Å². The first kappa shape index (κ1) is 32.8. The van der Waals surface area contributed by atoms with Crippen molar-refractivity contribution in [2.45, 2.75) is 35.9 Å². The maximum Gasteiger partial charge on any atom is 0.301 e. The first-order chi connectivity index (χ1) is 22.3. The highest BCUT2D eigenvalue weighted by atomic mass is 32.2. The van der Waals surface area contributed by atoms with Crippen LogP contribution in [0, 0.1) is 5.82 Å². The Kier molecular flexibility index (Phi) is 10.4. The van der Waals surface area contributed by atoms with E-state index in [1.165, 1.54) is 50.1 Å². The Hall–Kier alpha value is -4.62. The second-order valence-electron chi connectivity index (χ2n) is 10.1. The SMILES string of the molecule is CCCCOc1ccc(/C(O)=C2/C(=O)C(=O)N(c3nnc(SCc4ccc(F)cc4)s3)C2c2cc(OC)c(OC)c(OC)c2)cc1. The average molecular weight is 666 g/mol. The van der Waals surface area contributed by atoms with Crippen LogP contribution in [0.1, 0.15) is 42.5 Å². The van der Waals surface area contributed by atoms with Gasteiger partial charge in [-0.05, 0) is 66.1 Å². The highest BCUT2D eigenvalue weighted by Gasteiger charge is 2.49. The van der Waals surface area contributed by atoms with E-state index < -0.39 is 17.7 Å². The number of carbonyl (C=O) groups is 2. The second kappa shape index (κ2) is 14.6. The Morgan fingerprint density at radius 3 is 2.26 bits per heavy atom. The number of unbranched alkanes of at least 4 members (excludes halogenated alkanes) is 1. The Labute approximate surface area is 273 Å². The maximum absolute atomic E-state index is 13.7. The number of ketones is 1. The number of benzene rings is 3. The molecule has 4 aromatic rings. The molecule has 0 radical (unpaired) electrons. The Balaban J connectivity index is 1.57. The lowest BCUT2D eigenvalue weighted by Gasteiger charge is -2.24. The predicted molar refractivity (Wildman–Crippen MR) is 174 cm³/mol. The van der Waals surface area contributed by atoms with E-state index in [0.29, 0.717) is 50.8 Å². The van der Waals surface area contributed by atoms with Gasteiger partial charge in [-0.2, -0.15) is 0 Å². The van der Waals surface area contributed by atoms with Crippen LogP contribution in [0.25, 0.3) is 5.76 Å². The topological polar surface area (TPSA) is 120 Å². The van der Waals surface area contributed by atoms with Gasteiger partial charge in [-0.15, -0.1) is 10.2 Å². The zero-order chi connectivity index (χ0) is 32.8. The fourth-order valence-electron chi connectivity index (χ4n) is 4.89. The van der Waals surface area contributed by atoms with Crippen LogP contribution in [0.15, 0.2) is 70.6 Å². The summed E-state index contributed by atoms with van der Waals surface area (Å²) in [6.45, 7) is 2.62. The molecule has 1 unspecified atom stereocenters. The highest BCUT2D eigenvalue weighted by molar-refractivity contribution is 8.00. The van der Waals surface area contributed by atoms with Gasteiger partial charge in [-0.3, -0.25) is 14.5 Å². The zero-order valence-corrected chi connectivity index (χ0v) is 27.2. The van der Waals surface area contributed by atoms with Crippen molar-refractivity contribution in [2.75, 3.05) is 32.8 Å². The summed E-state index contributed by atoms with van der Waals surface area (Å²) in [5.41, 5.74) is 1.47. The van der Waals surface area contributed by atoms with Crippen molar-refractivity contribution in [3.05, 3.63) is 88.7 Å². The molecule has 1 aliphatic heterocycles. The molecule has 1 atom stereocenters. The molecule has 0 spiro atoms. The number of thioether (sulfide) groups is 1. The number of amides is 1. The second-order valence-corrected chi connectivity index (χ2v) is 12.3. The van der Waals surface area contributed by atoms with Crippen LogP contribution < -0.4 is 23.8 Å². The van der Waals surface area contributed by atoms with Gasteiger partial charge in [-0.1, -0.05) is 48.6 Å². The molecular weight excluding hydrogens is 634 g/mol. The highest BCUT2D eigenvalue weighted by Crippen LogP contribution is 2.48. The Bertz CT molecular complexity index is 1720. The minimum absolute atomic E-state index is 0.144. The van der Waals surface area contributed by atoms with Crippen molar-refractivity contribution in [3.63, 3.8) is 0 Å². The number of Topliss-reactive ketones (excluding diaryl/α,β-unsaturated/α-hetero) is 1. The van der Waals surface area contributed by atoms with Crippen molar-refractivity contribution in [2.24, 2.45) is 0 Å². The molecule has 0 aliphatic carbocycles. The van der Waals surface area contributed by atoms with Crippen LogP contribution in [0.5, 0.6) is 23.0 Å². The van der Waals surface area contributed by atoms with E-state index >= 15 is 0 Å². The number of rotatable bonds is 13. The number of aliphatic hydroxyl groups excluding tert-OH is 1. The quantitative estimate of drug-likeness (QED) is 0.0408.